The quantitative estimate of drug-likeness (QED) is 0.775. The lowest BCUT2D eigenvalue weighted by atomic mass is 9.85. The molecule has 0 aliphatic carbocycles. The van der Waals surface area contributed by atoms with E-state index in [2.05, 4.69) is 5.32 Å². The predicted molar refractivity (Wildman–Crippen MR) is 103 cm³/mol. The second-order valence-corrected chi connectivity index (χ2v) is 7.30. The molecule has 7 heteroatoms. The lowest BCUT2D eigenvalue weighted by molar-refractivity contribution is -0.142. The van der Waals surface area contributed by atoms with Crippen LogP contribution in [0.3, 0.4) is 0 Å². The fourth-order valence-electron chi connectivity index (χ4n) is 3.12. The van der Waals surface area contributed by atoms with Crippen molar-refractivity contribution in [1.82, 2.24) is 0 Å². The zero-order valence-corrected chi connectivity index (χ0v) is 15.6. The van der Waals surface area contributed by atoms with Crippen LogP contribution in [0.25, 0.3) is 0 Å². The molecule has 1 unspecified atom stereocenters. The molecule has 146 valence electrons. The molecule has 2 aromatic carbocycles. The predicted octanol–water partition coefficient (Wildman–Crippen LogP) is 3.18. The summed E-state index contributed by atoms with van der Waals surface area (Å²) >= 11 is 0. The summed E-state index contributed by atoms with van der Waals surface area (Å²) in [7, 11) is 0. The minimum atomic E-state index is -1.04. The molecule has 0 bridgehead atoms. The summed E-state index contributed by atoms with van der Waals surface area (Å²) < 4.78 is 13.1. The molecule has 0 spiro atoms. The molecule has 1 heterocycles. The van der Waals surface area contributed by atoms with Crippen molar-refractivity contribution >= 4 is 29.2 Å². The minimum Gasteiger partial charge on any atom is -0.481 e. The van der Waals surface area contributed by atoms with Gasteiger partial charge in [0.25, 0.3) is 0 Å². The van der Waals surface area contributed by atoms with Gasteiger partial charge in [0.1, 0.15) is 11.7 Å². The van der Waals surface area contributed by atoms with Crippen molar-refractivity contribution in [2.75, 3.05) is 16.8 Å². The van der Waals surface area contributed by atoms with Gasteiger partial charge in [0, 0.05) is 17.9 Å². The minimum absolute atomic E-state index is 0.326. The monoisotopic (exact) mass is 384 g/mol. The summed E-state index contributed by atoms with van der Waals surface area (Å²) in [5, 5.41) is 12.0. The van der Waals surface area contributed by atoms with E-state index in [1.54, 1.807) is 38.1 Å². The number of hydrogen-bond donors (Lipinski definition) is 2. The highest BCUT2D eigenvalue weighted by Gasteiger charge is 2.37. The van der Waals surface area contributed by atoms with Gasteiger partial charge in [-0.05, 0) is 62.2 Å². The Balaban J connectivity index is 1.67. The Morgan fingerprint density at radius 1 is 1.11 bits per heavy atom. The normalized spacial score (nSPS) is 16.9. The molecule has 2 amide bonds. The standard InChI is InChI=1S/C21H21FN2O4/c1-21(2,20(27)28)13-3-7-15(8-4-13)23-18(25)17-11-12-24(19(17)26)16-9-5-14(22)6-10-16/h3-10,17H,11-12H2,1-2H3,(H,23,25)(H,27,28). The van der Waals surface area contributed by atoms with Crippen molar-refractivity contribution < 1.29 is 23.9 Å². The van der Waals surface area contributed by atoms with Crippen LogP contribution in [-0.2, 0) is 19.8 Å². The van der Waals surface area contributed by atoms with Crippen LogP contribution >= 0.6 is 0 Å². The number of rotatable bonds is 5. The first-order chi connectivity index (χ1) is 13.2. The van der Waals surface area contributed by atoms with Crippen molar-refractivity contribution in [3.8, 4) is 0 Å². The van der Waals surface area contributed by atoms with Crippen LogP contribution in [0.5, 0.6) is 0 Å². The SMILES string of the molecule is CC(C)(C(=O)O)c1ccc(NC(=O)C2CCN(c3ccc(F)cc3)C2=O)cc1. The molecule has 1 fully saturated rings. The first-order valence-electron chi connectivity index (χ1n) is 8.92. The zero-order valence-electron chi connectivity index (χ0n) is 15.6. The van der Waals surface area contributed by atoms with Gasteiger partial charge in [-0.25, -0.2) is 4.39 Å². The first kappa shape index (κ1) is 19.5. The summed E-state index contributed by atoms with van der Waals surface area (Å²) in [4.78, 5) is 37.9. The molecule has 0 aromatic heterocycles. The largest absolute Gasteiger partial charge is 0.481 e. The van der Waals surface area contributed by atoms with E-state index in [1.165, 1.54) is 29.2 Å². The molecular weight excluding hydrogens is 363 g/mol. The van der Waals surface area contributed by atoms with Crippen molar-refractivity contribution in [2.24, 2.45) is 5.92 Å². The van der Waals surface area contributed by atoms with Crippen LogP contribution in [0, 0.1) is 11.7 Å². The van der Waals surface area contributed by atoms with E-state index >= 15 is 0 Å². The molecule has 3 rings (SSSR count). The van der Waals surface area contributed by atoms with E-state index < -0.39 is 23.2 Å². The molecule has 1 saturated heterocycles. The number of nitrogens with zero attached hydrogens (tertiary/aromatic N) is 1. The van der Waals surface area contributed by atoms with Gasteiger partial charge in [-0.1, -0.05) is 12.1 Å². The number of amides is 2. The lowest BCUT2D eigenvalue weighted by Gasteiger charge is -2.20. The molecule has 1 atom stereocenters. The number of carbonyl (C=O) groups is 3. The Morgan fingerprint density at radius 2 is 1.71 bits per heavy atom. The van der Waals surface area contributed by atoms with Gasteiger partial charge in [-0.15, -0.1) is 0 Å². The molecule has 0 radical (unpaired) electrons. The van der Waals surface area contributed by atoms with Crippen LogP contribution in [0.1, 0.15) is 25.8 Å². The lowest BCUT2D eigenvalue weighted by Crippen LogP contribution is -2.33. The first-order valence-corrected chi connectivity index (χ1v) is 8.92. The molecule has 0 saturated carbocycles. The molecule has 28 heavy (non-hydrogen) atoms. The van der Waals surface area contributed by atoms with Crippen molar-refractivity contribution in [3.05, 3.63) is 59.9 Å². The smallest absolute Gasteiger partial charge is 0.313 e. The Hall–Kier alpha value is -3.22. The highest BCUT2D eigenvalue weighted by Crippen LogP contribution is 2.28. The molecule has 2 aromatic rings. The molecule has 1 aliphatic heterocycles. The van der Waals surface area contributed by atoms with Gasteiger partial charge in [-0.2, -0.15) is 0 Å². The summed E-state index contributed by atoms with van der Waals surface area (Å²) in [6, 6.07) is 12.1. The van der Waals surface area contributed by atoms with E-state index in [-0.39, 0.29) is 11.7 Å². The Labute approximate surface area is 162 Å². The third-order valence-corrected chi connectivity index (χ3v) is 5.07. The summed E-state index contributed by atoms with van der Waals surface area (Å²) in [5.74, 6) is -2.89. The number of carboxylic acids is 1. The van der Waals surface area contributed by atoms with E-state index in [9.17, 15) is 23.9 Å². The van der Waals surface area contributed by atoms with E-state index in [0.717, 1.165) is 0 Å². The summed E-state index contributed by atoms with van der Waals surface area (Å²) in [6.07, 6.45) is 0.367. The third kappa shape index (κ3) is 3.74. The van der Waals surface area contributed by atoms with Crippen molar-refractivity contribution in [3.63, 3.8) is 0 Å². The van der Waals surface area contributed by atoms with E-state index in [1.807, 2.05) is 0 Å². The second kappa shape index (κ2) is 7.42. The van der Waals surface area contributed by atoms with Crippen LogP contribution in [-0.4, -0.2) is 29.4 Å². The van der Waals surface area contributed by atoms with Gasteiger partial charge >= 0.3 is 5.97 Å². The number of nitrogens with one attached hydrogen (secondary N) is 1. The maximum atomic E-state index is 13.1. The Kier molecular flexibility index (Phi) is 5.18. The number of anilines is 2. The number of carboxylic acid groups (broad SMARTS) is 1. The Bertz CT molecular complexity index is 907. The van der Waals surface area contributed by atoms with Gasteiger partial charge < -0.3 is 15.3 Å². The average Bonchev–Trinajstić information content (AvgIpc) is 3.04. The highest BCUT2D eigenvalue weighted by molar-refractivity contribution is 6.13. The Morgan fingerprint density at radius 3 is 2.29 bits per heavy atom. The zero-order chi connectivity index (χ0) is 20.5. The maximum Gasteiger partial charge on any atom is 0.313 e. The highest BCUT2D eigenvalue weighted by atomic mass is 19.1. The van der Waals surface area contributed by atoms with Gasteiger partial charge in [-0.3, -0.25) is 14.4 Å². The van der Waals surface area contributed by atoms with Crippen LogP contribution < -0.4 is 10.2 Å². The van der Waals surface area contributed by atoms with Crippen LogP contribution in [0.4, 0.5) is 15.8 Å². The van der Waals surface area contributed by atoms with Gasteiger partial charge in [0.15, 0.2) is 0 Å². The average molecular weight is 384 g/mol. The topological polar surface area (TPSA) is 86.7 Å². The van der Waals surface area contributed by atoms with Gasteiger partial charge in [0.2, 0.25) is 11.8 Å². The fraction of sp³-hybridized carbons (Fsp3) is 0.286. The fourth-order valence-corrected chi connectivity index (χ4v) is 3.12. The van der Waals surface area contributed by atoms with Gasteiger partial charge in [0.05, 0.1) is 5.41 Å². The number of carbonyl (C=O) groups excluding carboxylic acids is 2. The number of benzene rings is 2. The van der Waals surface area contributed by atoms with E-state index in [0.29, 0.717) is 29.9 Å². The second-order valence-electron chi connectivity index (χ2n) is 7.30. The van der Waals surface area contributed by atoms with E-state index in [4.69, 9.17) is 0 Å². The number of aliphatic carboxylic acids is 1. The third-order valence-electron chi connectivity index (χ3n) is 5.07. The van der Waals surface area contributed by atoms with Crippen molar-refractivity contribution in [2.45, 2.75) is 25.7 Å². The molecule has 2 N–H and O–H groups in total. The van der Waals surface area contributed by atoms with Crippen LogP contribution in [0.2, 0.25) is 0 Å². The summed E-state index contributed by atoms with van der Waals surface area (Å²) in [5.41, 5.74) is 0.613. The molecular formula is C21H21FN2O4. The maximum absolute atomic E-state index is 13.1. The molecule has 6 nitrogen and oxygen atoms in total. The van der Waals surface area contributed by atoms with Crippen LogP contribution in [0.15, 0.2) is 48.5 Å². The number of hydrogen-bond acceptors (Lipinski definition) is 3. The molecule has 1 aliphatic rings. The van der Waals surface area contributed by atoms with Crippen molar-refractivity contribution in [1.29, 1.82) is 0 Å². The number of halogens is 1. The summed E-state index contributed by atoms with van der Waals surface area (Å²) in [6.45, 7) is 3.59.